The minimum atomic E-state index is -0.246. The van der Waals surface area contributed by atoms with Gasteiger partial charge in [0.05, 0.1) is 10.5 Å². The third-order valence-electron chi connectivity index (χ3n) is 3.15. The lowest BCUT2D eigenvalue weighted by Crippen LogP contribution is -2.29. The van der Waals surface area contributed by atoms with Crippen LogP contribution in [-0.2, 0) is 6.42 Å². The predicted octanol–water partition coefficient (Wildman–Crippen LogP) is 4.01. The van der Waals surface area contributed by atoms with E-state index in [1.807, 2.05) is 0 Å². The summed E-state index contributed by atoms with van der Waals surface area (Å²) in [6, 6.07) is 7.26. The van der Waals surface area contributed by atoms with Crippen LogP contribution >= 0.6 is 27.3 Å². The minimum absolute atomic E-state index is 0.0507. The Hall–Kier alpha value is -0.750. The zero-order valence-electron chi connectivity index (χ0n) is 10.8. The molecule has 0 aliphatic rings. The number of benzene rings is 1. The molecule has 0 fully saturated rings. The first-order chi connectivity index (χ1) is 9.01. The fraction of sp³-hybridized carbons (Fsp3) is 0.286. The van der Waals surface area contributed by atoms with Crippen molar-refractivity contribution in [1.29, 1.82) is 0 Å². The molecule has 0 saturated heterocycles. The highest BCUT2D eigenvalue weighted by molar-refractivity contribution is 9.10. The van der Waals surface area contributed by atoms with Crippen LogP contribution < -0.4 is 11.3 Å². The van der Waals surface area contributed by atoms with E-state index in [4.69, 9.17) is 5.84 Å². The standard InChI is InChI=1S/C14H16BrFN2S/c1-8-5-14(19-9(8)2)13(18-17)7-10-3-4-12(16)11(15)6-10/h3-6,13,18H,7,17H2,1-2H3. The van der Waals surface area contributed by atoms with E-state index < -0.39 is 0 Å². The van der Waals surface area contributed by atoms with E-state index in [1.165, 1.54) is 21.4 Å². The summed E-state index contributed by atoms with van der Waals surface area (Å²) in [5.74, 6) is 5.40. The molecule has 5 heteroatoms. The Labute approximate surface area is 124 Å². The number of nitrogens with two attached hydrogens (primary N) is 1. The van der Waals surface area contributed by atoms with Gasteiger partial charge in [-0.2, -0.15) is 0 Å². The number of aryl methyl sites for hydroxylation is 2. The normalized spacial score (nSPS) is 12.7. The van der Waals surface area contributed by atoms with Gasteiger partial charge in [-0.05, 0) is 65.5 Å². The Morgan fingerprint density at radius 3 is 2.63 bits per heavy atom. The fourth-order valence-electron chi connectivity index (χ4n) is 1.92. The molecule has 0 amide bonds. The second kappa shape index (κ2) is 6.13. The van der Waals surface area contributed by atoms with E-state index in [0.29, 0.717) is 4.47 Å². The maximum atomic E-state index is 13.2. The number of hydrogen-bond donors (Lipinski definition) is 2. The quantitative estimate of drug-likeness (QED) is 0.650. The molecule has 0 saturated carbocycles. The number of thiophene rings is 1. The highest BCUT2D eigenvalue weighted by atomic mass is 79.9. The molecule has 0 aliphatic carbocycles. The van der Waals surface area contributed by atoms with Crippen molar-refractivity contribution in [3.8, 4) is 0 Å². The van der Waals surface area contributed by atoms with Gasteiger partial charge < -0.3 is 0 Å². The molecule has 0 spiro atoms. The van der Waals surface area contributed by atoms with Crippen molar-refractivity contribution in [2.24, 2.45) is 5.84 Å². The molecule has 2 rings (SSSR count). The zero-order chi connectivity index (χ0) is 14.0. The molecule has 19 heavy (non-hydrogen) atoms. The molecule has 0 aliphatic heterocycles. The third kappa shape index (κ3) is 3.42. The van der Waals surface area contributed by atoms with Crippen LogP contribution in [0.1, 0.15) is 26.9 Å². The summed E-state index contributed by atoms with van der Waals surface area (Å²) >= 11 is 4.95. The van der Waals surface area contributed by atoms with Gasteiger partial charge in [-0.3, -0.25) is 11.3 Å². The molecule has 3 N–H and O–H groups in total. The van der Waals surface area contributed by atoms with E-state index in [-0.39, 0.29) is 11.9 Å². The number of hydrazine groups is 1. The van der Waals surface area contributed by atoms with E-state index in [1.54, 1.807) is 23.5 Å². The second-order valence-corrected chi connectivity index (χ2v) is 6.70. The summed E-state index contributed by atoms with van der Waals surface area (Å²) in [5, 5.41) is 0. The molecule has 1 aromatic heterocycles. The van der Waals surface area contributed by atoms with Gasteiger partial charge in [0.15, 0.2) is 0 Å². The number of nitrogens with one attached hydrogen (secondary N) is 1. The van der Waals surface area contributed by atoms with Crippen LogP contribution in [-0.4, -0.2) is 0 Å². The summed E-state index contributed by atoms with van der Waals surface area (Å²) in [7, 11) is 0. The van der Waals surface area contributed by atoms with Crippen LogP contribution in [0.15, 0.2) is 28.7 Å². The Morgan fingerprint density at radius 2 is 2.11 bits per heavy atom. The van der Waals surface area contributed by atoms with Gasteiger partial charge in [0.25, 0.3) is 0 Å². The van der Waals surface area contributed by atoms with Crippen LogP contribution in [0, 0.1) is 19.7 Å². The van der Waals surface area contributed by atoms with Gasteiger partial charge in [0.1, 0.15) is 5.82 Å². The Balaban J connectivity index is 2.21. The summed E-state index contributed by atoms with van der Waals surface area (Å²) in [6.45, 7) is 4.20. The molecule has 102 valence electrons. The van der Waals surface area contributed by atoms with Crippen molar-refractivity contribution in [1.82, 2.24) is 5.43 Å². The maximum Gasteiger partial charge on any atom is 0.137 e. The Bertz CT molecular complexity index is 563. The number of halogens is 2. The topological polar surface area (TPSA) is 38.0 Å². The third-order valence-corrected chi connectivity index (χ3v) is 5.03. The van der Waals surface area contributed by atoms with E-state index in [0.717, 1.165) is 12.0 Å². The first kappa shape index (κ1) is 14.7. The second-order valence-electron chi connectivity index (χ2n) is 4.56. The molecule has 1 atom stereocenters. The van der Waals surface area contributed by atoms with E-state index in [2.05, 4.69) is 41.3 Å². The molecule has 2 nitrogen and oxygen atoms in total. The summed E-state index contributed by atoms with van der Waals surface area (Å²) in [4.78, 5) is 2.51. The molecule has 1 unspecified atom stereocenters. The number of rotatable bonds is 4. The van der Waals surface area contributed by atoms with Gasteiger partial charge in [-0.25, -0.2) is 4.39 Å². The monoisotopic (exact) mass is 342 g/mol. The lowest BCUT2D eigenvalue weighted by Gasteiger charge is -2.14. The molecule has 1 aromatic carbocycles. The Morgan fingerprint density at radius 1 is 1.37 bits per heavy atom. The molecule has 0 bridgehead atoms. The largest absolute Gasteiger partial charge is 0.271 e. The lowest BCUT2D eigenvalue weighted by molar-refractivity contribution is 0.558. The zero-order valence-corrected chi connectivity index (χ0v) is 13.2. The van der Waals surface area contributed by atoms with Crippen LogP contribution in [0.25, 0.3) is 0 Å². The van der Waals surface area contributed by atoms with E-state index >= 15 is 0 Å². The van der Waals surface area contributed by atoms with Crippen LogP contribution in [0.2, 0.25) is 0 Å². The van der Waals surface area contributed by atoms with Crippen molar-refractivity contribution >= 4 is 27.3 Å². The summed E-state index contributed by atoms with van der Waals surface area (Å²) in [6.07, 6.45) is 0.731. The van der Waals surface area contributed by atoms with Crippen molar-refractivity contribution in [2.45, 2.75) is 26.3 Å². The molecular formula is C14H16BrFN2S. The van der Waals surface area contributed by atoms with Gasteiger partial charge in [0.2, 0.25) is 0 Å². The molecule has 2 aromatic rings. The van der Waals surface area contributed by atoms with Gasteiger partial charge in [-0.15, -0.1) is 11.3 Å². The Kier molecular flexibility index (Phi) is 4.73. The van der Waals surface area contributed by atoms with E-state index in [9.17, 15) is 4.39 Å². The first-order valence-electron chi connectivity index (χ1n) is 5.98. The van der Waals surface area contributed by atoms with Crippen LogP contribution in [0.5, 0.6) is 0 Å². The fourth-order valence-corrected chi connectivity index (χ4v) is 3.45. The van der Waals surface area contributed by atoms with Crippen LogP contribution in [0.3, 0.4) is 0 Å². The SMILES string of the molecule is Cc1cc(C(Cc2ccc(F)c(Br)c2)NN)sc1C. The van der Waals surface area contributed by atoms with Gasteiger partial charge in [-0.1, -0.05) is 6.07 Å². The van der Waals surface area contributed by atoms with Crippen LogP contribution in [0.4, 0.5) is 4.39 Å². The smallest absolute Gasteiger partial charge is 0.137 e. The molecule has 0 radical (unpaired) electrons. The maximum absolute atomic E-state index is 13.2. The number of hydrogen-bond acceptors (Lipinski definition) is 3. The van der Waals surface area contributed by atoms with Gasteiger partial charge in [0, 0.05) is 9.75 Å². The minimum Gasteiger partial charge on any atom is -0.271 e. The first-order valence-corrected chi connectivity index (χ1v) is 7.59. The van der Waals surface area contributed by atoms with Crippen molar-refractivity contribution in [3.63, 3.8) is 0 Å². The van der Waals surface area contributed by atoms with Crippen molar-refractivity contribution in [2.75, 3.05) is 0 Å². The average Bonchev–Trinajstić information content (AvgIpc) is 2.71. The van der Waals surface area contributed by atoms with Gasteiger partial charge >= 0.3 is 0 Å². The van der Waals surface area contributed by atoms with Crippen molar-refractivity contribution in [3.05, 3.63) is 55.4 Å². The average molecular weight is 343 g/mol. The predicted molar refractivity (Wildman–Crippen MR) is 81.7 cm³/mol. The lowest BCUT2D eigenvalue weighted by atomic mass is 10.0. The summed E-state index contributed by atoms with van der Waals surface area (Å²) in [5.41, 5.74) is 5.16. The summed E-state index contributed by atoms with van der Waals surface area (Å²) < 4.78 is 13.7. The molecular weight excluding hydrogens is 327 g/mol. The highest BCUT2D eigenvalue weighted by Crippen LogP contribution is 2.29. The van der Waals surface area contributed by atoms with Crippen molar-refractivity contribution < 1.29 is 4.39 Å². The molecule has 1 heterocycles. The highest BCUT2D eigenvalue weighted by Gasteiger charge is 2.14.